The average molecular weight is 719 g/mol. The van der Waals surface area contributed by atoms with Crippen LogP contribution in [0.25, 0.3) is 11.1 Å². The van der Waals surface area contributed by atoms with Crippen molar-refractivity contribution in [2.24, 2.45) is 5.14 Å². The van der Waals surface area contributed by atoms with Crippen LogP contribution in [0.5, 0.6) is 0 Å². The zero-order chi connectivity index (χ0) is 34.8. The van der Waals surface area contributed by atoms with Crippen LogP contribution < -0.4 is 14.9 Å². The highest BCUT2D eigenvalue weighted by Gasteiger charge is 2.09. The molecule has 5 aromatic rings. The molecule has 0 atom stereocenters. The first kappa shape index (κ1) is 36.8. The Hall–Kier alpha value is -4.04. The van der Waals surface area contributed by atoms with Gasteiger partial charge in [-0.1, -0.05) is 102 Å². The molecule has 5 nitrogen and oxygen atoms in total. The Labute approximate surface area is 299 Å². The van der Waals surface area contributed by atoms with Gasteiger partial charge in [-0.05, 0) is 107 Å². The van der Waals surface area contributed by atoms with E-state index in [1.54, 1.807) is 6.07 Å². The number of hydrogen-bond donors (Lipinski definition) is 1. The number of halogens is 3. The minimum atomic E-state index is -3.61. The number of primary sulfonamides is 1. The fourth-order valence-corrected chi connectivity index (χ4v) is 5.95. The first-order chi connectivity index (χ1) is 22.8. The lowest BCUT2D eigenvalue weighted by Crippen LogP contribution is -2.11. The summed E-state index contributed by atoms with van der Waals surface area (Å²) in [7, 11) is 4.61. The monoisotopic (exact) mass is 717 g/mol. The molecule has 9 heteroatoms. The van der Waals surface area contributed by atoms with Gasteiger partial charge in [-0.3, -0.25) is 0 Å². The van der Waals surface area contributed by atoms with Crippen molar-refractivity contribution in [1.82, 2.24) is 0 Å². The smallest absolute Gasteiger partial charge is 0.238 e. The first-order valence-electron chi connectivity index (χ1n) is 15.1. The lowest BCUT2D eigenvalue weighted by molar-refractivity contribution is 0.598. The number of rotatable bonds is 9. The predicted octanol–water partition coefficient (Wildman–Crippen LogP) is 10.1. The van der Waals surface area contributed by atoms with Crippen LogP contribution in [0, 0.1) is 0 Å². The summed E-state index contributed by atoms with van der Waals surface area (Å²) in [4.78, 5) is 4.25. The van der Waals surface area contributed by atoms with Crippen LogP contribution in [-0.4, -0.2) is 36.6 Å². The third kappa shape index (κ3) is 10.5. The van der Waals surface area contributed by atoms with Gasteiger partial charge in [0, 0.05) is 54.6 Å². The molecule has 0 saturated heterocycles. The summed E-state index contributed by atoms with van der Waals surface area (Å²) >= 11 is 17.9. The fourth-order valence-electron chi connectivity index (χ4n) is 4.88. The molecule has 0 amide bonds. The van der Waals surface area contributed by atoms with Crippen LogP contribution in [0.3, 0.4) is 0 Å². The highest BCUT2D eigenvalue weighted by molar-refractivity contribution is 7.89. The second kappa shape index (κ2) is 16.9. The number of sulfonamides is 1. The zero-order valence-corrected chi connectivity index (χ0v) is 30.3. The van der Waals surface area contributed by atoms with E-state index in [9.17, 15) is 8.42 Å². The molecular formula is C39H38Cl3N3O2S. The van der Waals surface area contributed by atoms with Crippen LogP contribution in [0.1, 0.15) is 28.7 Å². The van der Waals surface area contributed by atoms with Crippen molar-refractivity contribution in [3.63, 3.8) is 0 Å². The summed E-state index contributed by atoms with van der Waals surface area (Å²) in [5.41, 5.74) is 9.32. The maximum atomic E-state index is 10.7. The number of nitrogens with two attached hydrogens (primary N) is 1. The van der Waals surface area contributed by atoms with Crippen LogP contribution in [0.15, 0.2) is 138 Å². The fraction of sp³-hybridized carbons (Fsp3) is 0.128. The van der Waals surface area contributed by atoms with Gasteiger partial charge in [-0.2, -0.15) is 0 Å². The summed E-state index contributed by atoms with van der Waals surface area (Å²) in [6.07, 6.45) is 5.34. The molecule has 0 saturated carbocycles. The second-order valence-corrected chi connectivity index (χ2v) is 14.2. The molecule has 0 aromatic heterocycles. The van der Waals surface area contributed by atoms with E-state index in [-0.39, 0.29) is 4.90 Å². The van der Waals surface area contributed by atoms with Gasteiger partial charge in [0.1, 0.15) is 0 Å². The van der Waals surface area contributed by atoms with Gasteiger partial charge >= 0.3 is 0 Å². The highest BCUT2D eigenvalue weighted by atomic mass is 35.5. The van der Waals surface area contributed by atoms with Crippen molar-refractivity contribution in [1.29, 1.82) is 0 Å². The number of benzene rings is 5. The van der Waals surface area contributed by atoms with Crippen LogP contribution in [0.4, 0.5) is 11.4 Å². The third-order valence-corrected chi connectivity index (χ3v) is 9.12. The highest BCUT2D eigenvalue weighted by Crippen LogP contribution is 2.30. The third-order valence-electron chi connectivity index (χ3n) is 7.47. The lowest BCUT2D eigenvalue weighted by atomic mass is 9.94. The molecule has 0 bridgehead atoms. The minimum Gasteiger partial charge on any atom is -0.378 e. The molecule has 0 fully saturated rings. The van der Waals surface area contributed by atoms with Crippen molar-refractivity contribution in [2.75, 3.05) is 38.0 Å². The van der Waals surface area contributed by atoms with Crippen molar-refractivity contribution in [2.45, 2.75) is 11.3 Å². The van der Waals surface area contributed by atoms with Crippen molar-refractivity contribution in [3.8, 4) is 0 Å². The summed E-state index contributed by atoms with van der Waals surface area (Å²) < 4.78 is 21.4. The minimum absolute atomic E-state index is 0.0324. The summed E-state index contributed by atoms with van der Waals surface area (Å²) in [6.45, 7) is 0. The SMILES string of the molecule is CN(C)c1ccc(C(=CCC=C(c2ccc(Cl)cc2)c2ccc(N(C)C)cc2)c2ccc(Cl)cc2)cc1.NS(=O)(=O)c1cccc(Cl)c1. The normalized spacial score (nSPS) is 11.8. The summed E-state index contributed by atoms with van der Waals surface area (Å²) in [5, 5.41) is 6.66. The number of hydrogen-bond acceptors (Lipinski definition) is 4. The van der Waals surface area contributed by atoms with Crippen molar-refractivity contribution in [3.05, 3.63) is 171 Å². The molecule has 0 aliphatic carbocycles. The molecular weight excluding hydrogens is 681 g/mol. The molecule has 0 spiro atoms. The maximum absolute atomic E-state index is 10.7. The van der Waals surface area contributed by atoms with E-state index < -0.39 is 10.0 Å². The number of allylic oxidation sites excluding steroid dienone is 2. The Morgan fingerprint density at radius 2 is 0.917 bits per heavy atom. The largest absolute Gasteiger partial charge is 0.378 e. The topological polar surface area (TPSA) is 66.6 Å². The van der Waals surface area contributed by atoms with E-state index in [0.29, 0.717) is 5.02 Å². The molecule has 48 heavy (non-hydrogen) atoms. The van der Waals surface area contributed by atoms with E-state index in [1.807, 2.05) is 24.3 Å². The van der Waals surface area contributed by atoms with Crippen molar-refractivity contribution >= 4 is 67.3 Å². The molecule has 0 unspecified atom stereocenters. The quantitative estimate of drug-likeness (QED) is 0.165. The summed E-state index contributed by atoms with van der Waals surface area (Å²) in [5.74, 6) is 0. The first-order valence-corrected chi connectivity index (χ1v) is 17.8. The van der Waals surface area contributed by atoms with Crippen LogP contribution in [0.2, 0.25) is 15.1 Å². The van der Waals surface area contributed by atoms with Gasteiger partial charge in [0.25, 0.3) is 0 Å². The van der Waals surface area contributed by atoms with E-state index in [2.05, 4.69) is 123 Å². The number of anilines is 2. The van der Waals surface area contributed by atoms with E-state index >= 15 is 0 Å². The van der Waals surface area contributed by atoms with Gasteiger partial charge < -0.3 is 9.80 Å². The Morgan fingerprint density at radius 3 is 1.21 bits per heavy atom. The molecule has 2 N–H and O–H groups in total. The lowest BCUT2D eigenvalue weighted by Gasteiger charge is -2.15. The van der Waals surface area contributed by atoms with Crippen LogP contribution >= 0.6 is 34.8 Å². The average Bonchev–Trinajstić information content (AvgIpc) is 3.06. The molecule has 5 aromatic carbocycles. The second-order valence-electron chi connectivity index (χ2n) is 11.4. The van der Waals surface area contributed by atoms with Gasteiger partial charge in [-0.25, -0.2) is 13.6 Å². The Balaban J connectivity index is 0.000000401. The van der Waals surface area contributed by atoms with Gasteiger partial charge in [0.2, 0.25) is 10.0 Å². The number of nitrogens with zero attached hydrogens (tertiary/aromatic N) is 2. The Morgan fingerprint density at radius 1 is 0.562 bits per heavy atom. The maximum Gasteiger partial charge on any atom is 0.238 e. The van der Waals surface area contributed by atoms with Gasteiger partial charge in [0.15, 0.2) is 0 Å². The summed E-state index contributed by atoms with van der Waals surface area (Å²) in [6, 6.07) is 39.2. The Bertz CT molecular complexity index is 1860. The molecule has 0 radical (unpaired) electrons. The van der Waals surface area contributed by atoms with Gasteiger partial charge in [0.05, 0.1) is 4.90 Å². The molecule has 248 valence electrons. The molecule has 5 rings (SSSR count). The zero-order valence-electron chi connectivity index (χ0n) is 27.2. The molecule has 0 heterocycles. The van der Waals surface area contributed by atoms with E-state index in [1.165, 1.54) is 51.8 Å². The van der Waals surface area contributed by atoms with Crippen molar-refractivity contribution < 1.29 is 8.42 Å². The van der Waals surface area contributed by atoms with Gasteiger partial charge in [-0.15, -0.1) is 0 Å². The molecule has 0 aliphatic rings. The predicted molar refractivity (Wildman–Crippen MR) is 206 cm³/mol. The Kier molecular flexibility index (Phi) is 12.9. The van der Waals surface area contributed by atoms with E-state index in [4.69, 9.17) is 39.9 Å². The molecule has 0 aliphatic heterocycles. The van der Waals surface area contributed by atoms with E-state index in [0.717, 1.165) is 27.6 Å². The van der Waals surface area contributed by atoms with Crippen LogP contribution in [-0.2, 0) is 10.0 Å². The standard InChI is InChI=1S/C33H32Cl2N2.C6H6ClNO2S/c1-36(2)30-20-12-26(13-21-30)32(24-8-16-28(34)17-9-24)6-5-7-33(25-10-18-29(35)19-11-25)27-14-22-31(23-15-27)37(3)4;7-5-2-1-3-6(4-5)11(8,9)10/h6-23H,5H2,1-4H3;1-4H,(H2,8,9,10).